The standard InChI is InChI=1S/C22H32N2O3/c25-21(26-17-18-9-3-1-4-10-18)23-16-19-15-20-22(11-5-2-6-12-22)13-7-8-14-24(20)27-19/h1,3-4,9-10,19-20H,2,5-8,11-17H2,(H,23,25)/t19-,20-/m1/s1. The summed E-state index contributed by atoms with van der Waals surface area (Å²) in [6.07, 6.45) is 11.4. The van der Waals surface area contributed by atoms with Crippen LogP contribution in [0.5, 0.6) is 0 Å². The first-order chi connectivity index (χ1) is 13.3. The lowest BCUT2D eigenvalue weighted by molar-refractivity contribution is -0.177. The van der Waals surface area contributed by atoms with Crippen LogP contribution in [0.3, 0.4) is 0 Å². The van der Waals surface area contributed by atoms with Crippen LogP contribution in [0.1, 0.15) is 63.4 Å². The van der Waals surface area contributed by atoms with Gasteiger partial charge in [0.05, 0.1) is 6.10 Å². The van der Waals surface area contributed by atoms with Crippen LogP contribution in [0.4, 0.5) is 4.79 Å². The van der Waals surface area contributed by atoms with Crippen molar-refractivity contribution in [2.75, 3.05) is 13.1 Å². The zero-order valence-electron chi connectivity index (χ0n) is 16.2. The van der Waals surface area contributed by atoms with Gasteiger partial charge >= 0.3 is 6.09 Å². The summed E-state index contributed by atoms with van der Waals surface area (Å²) in [5, 5.41) is 5.16. The molecule has 1 saturated carbocycles. The maximum absolute atomic E-state index is 12.0. The molecule has 2 saturated heterocycles. The monoisotopic (exact) mass is 372 g/mol. The number of hydrogen-bond acceptors (Lipinski definition) is 4. The Morgan fingerprint density at radius 3 is 2.63 bits per heavy atom. The van der Waals surface area contributed by atoms with Gasteiger partial charge in [-0.25, -0.2) is 4.79 Å². The van der Waals surface area contributed by atoms with Gasteiger partial charge in [-0.2, -0.15) is 5.06 Å². The number of alkyl carbamates (subject to hydrolysis) is 1. The maximum Gasteiger partial charge on any atom is 0.407 e. The third-order valence-electron chi connectivity index (χ3n) is 6.66. The molecule has 1 aromatic rings. The molecule has 0 aromatic heterocycles. The summed E-state index contributed by atoms with van der Waals surface area (Å²) in [4.78, 5) is 18.3. The molecule has 1 aromatic carbocycles. The molecule has 148 valence electrons. The zero-order chi connectivity index (χ0) is 18.5. The lowest BCUT2D eigenvalue weighted by Crippen LogP contribution is -2.43. The summed E-state index contributed by atoms with van der Waals surface area (Å²) >= 11 is 0. The highest BCUT2D eigenvalue weighted by Crippen LogP contribution is 2.50. The fourth-order valence-electron chi connectivity index (χ4n) is 5.28. The quantitative estimate of drug-likeness (QED) is 0.850. The van der Waals surface area contributed by atoms with E-state index < -0.39 is 0 Å². The van der Waals surface area contributed by atoms with Crippen LogP contribution in [0.25, 0.3) is 0 Å². The minimum absolute atomic E-state index is 0.0659. The zero-order valence-corrected chi connectivity index (χ0v) is 16.2. The number of carbonyl (C=O) groups excluding carboxylic acids is 1. The SMILES string of the molecule is O=C(NC[C@H]1C[C@H]2N(CCCCC23CCCCC3)O1)OCc1ccccc1. The van der Waals surface area contributed by atoms with E-state index >= 15 is 0 Å². The average molecular weight is 373 g/mol. The van der Waals surface area contributed by atoms with Crippen LogP contribution in [-0.4, -0.2) is 36.4 Å². The third-order valence-corrected chi connectivity index (χ3v) is 6.66. The predicted octanol–water partition coefficient (Wildman–Crippen LogP) is 4.42. The van der Waals surface area contributed by atoms with Crippen molar-refractivity contribution in [2.24, 2.45) is 5.41 Å². The molecule has 0 bridgehead atoms. The Morgan fingerprint density at radius 1 is 1.11 bits per heavy atom. The van der Waals surface area contributed by atoms with Crippen LogP contribution in [0, 0.1) is 5.41 Å². The van der Waals surface area contributed by atoms with Gasteiger partial charge in [0.2, 0.25) is 0 Å². The lowest BCUT2D eigenvalue weighted by atomic mass is 9.66. The van der Waals surface area contributed by atoms with Crippen molar-refractivity contribution in [3.05, 3.63) is 35.9 Å². The van der Waals surface area contributed by atoms with Crippen molar-refractivity contribution in [2.45, 2.75) is 76.5 Å². The van der Waals surface area contributed by atoms with Crippen molar-refractivity contribution in [1.29, 1.82) is 0 Å². The minimum Gasteiger partial charge on any atom is -0.445 e. The van der Waals surface area contributed by atoms with E-state index in [4.69, 9.17) is 9.57 Å². The Morgan fingerprint density at radius 2 is 1.85 bits per heavy atom. The number of hydrogen-bond donors (Lipinski definition) is 1. The number of ether oxygens (including phenoxy) is 1. The van der Waals surface area contributed by atoms with Crippen LogP contribution < -0.4 is 5.32 Å². The fraction of sp³-hybridized carbons (Fsp3) is 0.682. The van der Waals surface area contributed by atoms with Crippen LogP contribution >= 0.6 is 0 Å². The molecule has 1 amide bonds. The second-order valence-corrected chi connectivity index (χ2v) is 8.44. The van der Waals surface area contributed by atoms with E-state index in [0.29, 0.717) is 24.6 Å². The number of carbonyl (C=O) groups is 1. The molecule has 2 aliphatic heterocycles. The van der Waals surface area contributed by atoms with E-state index in [-0.39, 0.29) is 12.2 Å². The first kappa shape index (κ1) is 18.8. The van der Waals surface area contributed by atoms with Gasteiger partial charge in [0.15, 0.2) is 0 Å². The van der Waals surface area contributed by atoms with E-state index in [9.17, 15) is 4.79 Å². The highest BCUT2D eigenvalue weighted by molar-refractivity contribution is 5.67. The van der Waals surface area contributed by atoms with Crippen molar-refractivity contribution in [3.63, 3.8) is 0 Å². The molecule has 3 aliphatic rings. The number of rotatable bonds is 4. The van der Waals surface area contributed by atoms with Crippen molar-refractivity contribution in [1.82, 2.24) is 10.4 Å². The van der Waals surface area contributed by atoms with Gasteiger partial charge in [-0.1, -0.05) is 56.0 Å². The first-order valence-corrected chi connectivity index (χ1v) is 10.6. The van der Waals surface area contributed by atoms with Crippen molar-refractivity contribution in [3.8, 4) is 0 Å². The Bertz CT molecular complexity index is 615. The number of fused-ring (bicyclic) bond motifs is 2. The smallest absolute Gasteiger partial charge is 0.407 e. The van der Waals surface area contributed by atoms with E-state index in [2.05, 4.69) is 10.4 Å². The molecule has 1 N–H and O–H groups in total. The van der Waals surface area contributed by atoms with E-state index in [1.165, 1.54) is 51.4 Å². The van der Waals surface area contributed by atoms with Crippen LogP contribution in [-0.2, 0) is 16.2 Å². The van der Waals surface area contributed by atoms with Gasteiger partial charge < -0.3 is 10.1 Å². The van der Waals surface area contributed by atoms with Crippen LogP contribution in [0.2, 0.25) is 0 Å². The maximum atomic E-state index is 12.0. The number of benzene rings is 1. The molecular formula is C22H32N2O3. The highest BCUT2D eigenvalue weighted by atomic mass is 16.7. The van der Waals surface area contributed by atoms with Gasteiger partial charge in [-0.15, -0.1) is 0 Å². The Labute approximate surface area is 162 Å². The Kier molecular flexibility index (Phi) is 5.98. The van der Waals surface area contributed by atoms with E-state index in [0.717, 1.165) is 18.5 Å². The number of hydroxylamine groups is 2. The van der Waals surface area contributed by atoms with Crippen LogP contribution in [0.15, 0.2) is 30.3 Å². The predicted molar refractivity (Wildman–Crippen MR) is 104 cm³/mol. The minimum atomic E-state index is -0.364. The summed E-state index contributed by atoms with van der Waals surface area (Å²) in [5.41, 5.74) is 1.44. The first-order valence-electron chi connectivity index (χ1n) is 10.6. The molecule has 3 fully saturated rings. The van der Waals surface area contributed by atoms with Gasteiger partial charge in [-0.3, -0.25) is 4.84 Å². The van der Waals surface area contributed by atoms with Crippen molar-refractivity contribution >= 4 is 6.09 Å². The molecule has 5 heteroatoms. The Hall–Kier alpha value is -1.59. The summed E-state index contributed by atoms with van der Waals surface area (Å²) in [5.74, 6) is 0. The molecule has 2 heterocycles. The van der Waals surface area contributed by atoms with Gasteiger partial charge in [0.1, 0.15) is 6.61 Å². The van der Waals surface area contributed by atoms with Gasteiger partial charge in [0, 0.05) is 19.1 Å². The average Bonchev–Trinajstić information content (AvgIpc) is 3.07. The summed E-state index contributed by atoms with van der Waals surface area (Å²) in [6.45, 7) is 1.86. The van der Waals surface area contributed by atoms with Crippen molar-refractivity contribution < 1.29 is 14.4 Å². The molecule has 27 heavy (non-hydrogen) atoms. The third kappa shape index (κ3) is 4.46. The van der Waals surface area contributed by atoms with Gasteiger partial charge in [0.25, 0.3) is 0 Å². The number of nitrogens with zero attached hydrogens (tertiary/aromatic N) is 1. The molecule has 0 radical (unpaired) electrons. The second-order valence-electron chi connectivity index (χ2n) is 8.44. The Balaban J connectivity index is 1.27. The van der Waals surface area contributed by atoms with E-state index in [1.54, 1.807) is 0 Å². The lowest BCUT2D eigenvalue weighted by Gasteiger charge is -2.43. The molecule has 0 unspecified atom stereocenters. The molecule has 2 atom stereocenters. The summed E-state index contributed by atoms with van der Waals surface area (Å²) in [7, 11) is 0. The molecule has 5 nitrogen and oxygen atoms in total. The molecular weight excluding hydrogens is 340 g/mol. The summed E-state index contributed by atoms with van der Waals surface area (Å²) < 4.78 is 5.32. The molecule has 1 spiro atoms. The molecule has 1 aliphatic carbocycles. The largest absolute Gasteiger partial charge is 0.445 e. The van der Waals surface area contributed by atoms with E-state index in [1.807, 2.05) is 30.3 Å². The highest BCUT2D eigenvalue weighted by Gasteiger charge is 2.48. The topological polar surface area (TPSA) is 50.8 Å². The normalized spacial score (nSPS) is 27.7. The molecule has 4 rings (SSSR count). The fourth-order valence-corrected chi connectivity index (χ4v) is 5.28. The number of nitrogens with one attached hydrogen (secondary N) is 1. The number of amides is 1. The summed E-state index contributed by atoms with van der Waals surface area (Å²) in [6, 6.07) is 10.3. The second kappa shape index (κ2) is 8.61. The van der Waals surface area contributed by atoms with Gasteiger partial charge in [-0.05, 0) is 43.1 Å².